The highest BCUT2D eigenvalue weighted by Crippen LogP contribution is 2.39. The molecule has 0 bridgehead atoms. The minimum atomic E-state index is -0.697. The van der Waals surface area contributed by atoms with E-state index in [0.717, 1.165) is 89.9 Å². The molecule has 5 aromatic rings. The number of carboxylic acids is 2. The van der Waals surface area contributed by atoms with Gasteiger partial charge in [-0.05, 0) is 106 Å². The molecule has 2 aliphatic heterocycles. The average Bonchev–Trinajstić information content (AvgIpc) is 3.24. The summed E-state index contributed by atoms with van der Waals surface area (Å²) in [5, 5.41) is 18.1. The molecular weight excluding hydrogens is 772 g/mol. The molecule has 328 valence electrons. The van der Waals surface area contributed by atoms with Crippen LogP contribution in [-0.2, 0) is 33.3 Å². The van der Waals surface area contributed by atoms with Crippen LogP contribution in [0.1, 0.15) is 154 Å². The highest BCUT2D eigenvalue weighted by molar-refractivity contribution is 7.02. The smallest absolute Gasteiger partial charge is 0.303 e. The molecule has 0 fully saturated rings. The number of hydrogen-bond acceptors (Lipinski definition) is 3. The van der Waals surface area contributed by atoms with Gasteiger partial charge in [0, 0.05) is 29.9 Å². The van der Waals surface area contributed by atoms with Gasteiger partial charge in [0.1, 0.15) is 0 Å². The monoisotopic (exact) mass is 842 g/mol. The lowest BCUT2D eigenvalue weighted by atomic mass is 9.30. The molecule has 0 aromatic heterocycles. The maximum Gasteiger partial charge on any atom is 0.303 e. The molecule has 0 atom stereocenters. The summed E-state index contributed by atoms with van der Waals surface area (Å²) in [6.07, 6.45) is 15.0. The van der Waals surface area contributed by atoms with Crippen molar-refractivity contribution in [3.8, 4) is 0 Å². The SMILES string of the molecule is CC(C)(C)c1ccc(B2c3ccccc3N3c4cc(CCCCCCCCC(=O)O)ccc4B(c4ccc(C(C)(C)C)cc4)c4cc(CCCCCCCCC(=O)O)cc2c43)cc1. The number of hydrogen-bond donors (Lipinski definition) is 2. The van der Waals surface area contributed by atoms with Gasteiger partial charge in [-0.3, -0.25) is 9.59 Å². The van der Waals surface area contributed by atoms with Gasteiger partial charge in [0.15, 0.2) is 0 Å². The Hall–Kier alpha value is -5.03. The van der Waals surface area contributed by atoms with Crippen molar-refractivity contribution >= 4 is 75.2 Å². The van der Waals surface area contributed by atoms with Crippen molar-refractivity contribution in [2.75, 3.05) is 4.90 Å². The molecule has 7 heteroatoms. The zero-order valence-corrected chi connectivity index (χ0v) is 38.9. The van der Waals surface area contributed by atoms with Crippen LogP contribution in [0.5, 0.6) is 0 Å². The van der Waals surface area contributed by atoms with E-state index in [1.54, 1.807) is 0 Å². The van der Waals surface area contributed by atoms with Gasteiger partial charge in [-0.25, -0.2) is 0 Å². The molecule has 0 saturated heterocycles. The Labute approximate surface area is 378 Å². The van der Waals surface area contributed by atoms with Crippen LogP contribution in [0, 0.1) is 0 Å². The Morgan fingerprint density at radius 3 is 1.37 bits per heavy atom. The number of nitrogens with zero attached hydrogens (tertiary/aromatic N) is 1. The molecule has 2 heterocycles. The van der Waals surface area contributed by atoms with E-state index >= 15 is 0 Å². The fourth-order valence-electron chi connectivity index (χ4n) is 10.1. The van der Waals surface area contributed by atoms with Crippen LogP contribution in [0.25, 0.3) is 0 Å². The van der Waals surface area contributed by atoms with Crippen molar-refractivity contribution < 1.29 is 19.8 Å². The van der Waals surface area contributed by atoms with E-state index in [-0.39, 0.29) is 37.1 Å². The summed E-state index contributed by atoms with van der Waals surface area (Å²) in [5.41, 5.74) is 17.5. The van der Waals surface area contributed by atoms with Crippen molar-refractivity contribution in [1.29, 1.82) is 0 Å². The third-order valence-electron chi connectivity index (χ3n) is 13.6. The first-order valence-corrected chi connectivity index (χ1v) is 24.0. The first-order chi connectivity index (χ1) is 30.2. The summed E-state index contributed by atoms with van der Waals surface area (Å²) in [4.78, 5) is 24.6. The highest BCUT2D eigenvalue weighted by Gasteiger charge is 2.43. The van der Waals surface area contributed by atoms with Gasteiger partial charge in [-0.2, -0.15) is 0 Å². The van der Waals surface area contributed by atoms with Crippen molar-refractivity contribution in [3.63, 3.8) is 0 Å². The van der Waals surface area contributed by atoms with E-state index in [0.29, 0.717) is 0 Å². The van der Waals surface area contributed by atoms with Crippen LogP contribution in [0.3, 0.4) is 0 Å². The van der Waals surface area contributed by atoms with Gasteiger partial charge in [-0.1, -0.05) is 195 Å². The number of aliphatic carboxylic acids is 2. The molecule has 0 radical (unpaired) electrons. The molecule has 0 spiro atoms. The summed E-state index contributed by atoms with van der Waals surface area (Å²) < 4.78 is 0. The number of fused-ring (bicyclic) bond motifs is 4. The van der Waals surface area contributed by atoms with E-state index in [2.05, 4.69) is 150 Å². The lowest BCUT2D eigenvalue weighted by molar-refractivity contribution is -0.138. The van der Waals surface area contributed by atoms with Crippen molar-refractivity contribution in [3.05, 3.63) is 125 Å². The Balaban J connectivity index is 1.31. The molecule has 7 rings (SSSR count). The molecule has 5 nitrogen and oxygen atoms in total. The first-order valence-electron chi connectivity index (χ1n) is 24.0. The van der Waals surface area contributed by atoms with E-state index in [1.165, 1.54) is 72.1 Å². The molecule has 5 aromatic carbocycles. The molecule has 0 aliphatic carbocycles. The van der Waals surface area contributed by atoms with E-state index < -0.39 is 11.9 Å². The molecular formula is C56H69B2NO4. The number of aryl methyl sites for hydroxylation is 2. The topological polar surface area (TPSA) is 77.8 Å². The van der Waals surface area contributed by atoms with Gasteiger partial charge in [0.2, 0.25) is 13.4 Å². The van der Waals surface area contributed by atoms with Gasteiger partial charge < -0.3 is 15.1 Å². The lowest BCUT2D eigenvalue weighted by Gasteiger charge is -2.44. The minimum Gasteiger partial charge on any atom is -0.481 e. The third-order valence-corrected chi connectivity index (χ3v) is 13.6. The molecule has 0 saturated carbocycles. The second-order valence-corrected chi connectivity index (χ2v) is 20.6. The quantitative estimate of drug-likeness (QED) is 0.0591. The van der Waals surface area contributed by atoms with Crippen LogP contribution < -0.4 is 37.7 Å². The predicted octanol–water partition coefficient (Wildman–Crippen LogP) is 10.1. The number of anilines is 3. The van der Waals surface area contributed by atoms with Crippen LogP contribution in [-0.4, -0.2) is 35.6 Å². The highest BCUT2D eigenvalue weighted by atomic mass is 16.4. The molecule has 0 unspecified atom stereocenters. The van der Waals surface area contributed by atoms with E-state index in [4.69, 9.17) is 10.2 Å². The maximum absolute atomic E-state index is 11.0. The zero-order chi connectivity index (χ0) is 44.7. The maximum atomic E-state index is 11.0. The van der Waals surface area contributed by atoms with Crippen LogP contribution in [0.2, 0.25) is 0 Å². The molecule has 2 N–H and O–H groups in total. The number of para-hydroxylation sites is 1. The van der Waals surface area contributed by atoms with E-state index in [1.807, 2.05) is 0 Å². The number of unbranched alkanes of at least 4 members (excludes halogenated alkanes) is 10. The Kier molecular flexibility index (Phi) is 14.7. The molecule has 2 aliphatic rings. The number of carbonyl (C=O) groups is 2. The second-order valence-electron chi connectivity index (χ2n) is 20.6. The second kappa shape index (κ2) is 20.2. The van der Waals surface area contributed by atoms with Crippen molar-refractivity contribution in [2.24, 2.45) is 0 Å². The van der Waals surface area contributed by atoms with Crippen molar-refractivity contribution in [2.45, 2.75) is 155 Å². The van der Waals surface area contributed by atoms with Crippen molar-refractivity contribution in [1.82, 2.24) is 0 Å². The Morgan fingerprint density at radius 1 is 0.460 bits per heavy atom. The van der Waals surface area contributed by atoms with E-state index in [9.17, 15) is 9.59 Å². The van der Waals surface area contributed by atoms with Gasteiger partial charge >= 0.3 is 11.9 Å². The van der Waals surface area contributed by atoms with Gasteiger partial charge in [0.05, 0.1) is 0 Å². The number of benzene rings is 5. The minimum absolute atomic E-state index is 0.0575. The van der Waals surface area contributed by atoms with Gasteiger partial charge in [-0.15, -0.1) is 0 Å². The first kappa shape index (κ1) is 46.0. The largest absolute Gasteiger partial charge is 0.481 e. The van der Waals surface area contributed by atoms with Crippen LogP contribution in [0.15, 0.2) is 103 Å². The summed E-state index contributed by atoms with van der Waals surface area (Å²) in [7, 11) is 0. The average molecular weight is 842 g/mol. The summed E-state index contributed by atoms with van der Waals surface area (Å²) in [6, 6.07) is 40.4. The Bertz CT molecular complexity index is 2340. The van der Waals surface area contributed by atoms with Crippen LogP contribution in [0.4, 0.5) is 17.1 Å². The lowest BCUT2D eigenvalue weighted by Crippen LogP contribution is -2.65. The molecule has 0 amide bonds. The predicted molar refractivity (Wildman–Crippen MR) is 268 cm³/mol. The summed E-state index contributed by atoms with van der Waals surface area (Å²) in [5.74, 6) is -1.39. The molecule has 63 heavy (non-hydrogen) atoms. The third kappa shape index (κ3) is 11.0. The zero-order valence-electron chi connectivity index (χ0n) is 38.9. The number of rotatable bonds is 20. The number of carboxylic acid groups (broad SMARTS) is 2. The van der Waals surface area contributed by atoms with Gasteiger partial charge in [0.25, 0.3) is 0 Å². The summed E-state index contributed by atoms with van der Waals surface area (Å²) in [6.45, 7) is 13.9. The normalized spacial score (nSPS) is 13.1. The fraction of sp³-hybridized carbons (Fsp3) is 0.429. The standard InChI is InChI=1S/C56H69B2NO4/c1-55(2,3)42-28-32-44(33-29-42)57-46-23-19-20-24-50(46)59-51-39-40(21-15-11-7-9-13-17-25-52(60)61)27-36-47(51)58(45-34-30-43(31-35-45)56(4,5)6)49-38-41(37-48(57)54(49)59)22-16-12-8-10-14-18-26-53(62)63/h19-20,23-24,27-39H,7-18,21-22,25-26H2,1-6H3,(H,60,61)(H,62,63). The Morgan fingerprint density at radius 2 is 0.889 bits per heavy atom. The summed E-state index contributed by atoms with van der Waals surface area (Å²) >= 11 is 0. The fourth-order valence-corrected chi connectivity index (χ4v) is 10.1. The van der Waals surface area contributed by atoms with Crippen LogP contribution >= 0.6 is 0 Å².